The van der Waals surface area contributed by atoms with E-state index in [-0.39, 0.29) is 0 Å². The number of hydrogen-bond donors (Lipinski definition) is 1. The fourth-order valence-corrected chi connectivity index (χ4v) is 1.76. The summed E-state index contributed by atoms with van der Waals surface area (Å²) >= 11 is 0. The maximum atomic E-state index is 10.9. The molecule has 6 heteroatoms. The molecule has 0 aliphatic carbocycles. The monoisotopic (exact) mass is 269 g/mol. The highest BCUT2D eigenvalue weighted by Crippen LogP contribution is 2.08. The lowest BCUT2D eigenvalue weighted by molar-refractivity contribution is -0.141. The lowest BCUT2D eigenvalue weighted by Crippen LogP contribution is -2.31. The number of carboxylic acid groups (broad SMARTS) is 1. The van der Waals surface area contributed by atoms with E-state index in [1.165, 1.54) is 0 Å². The van der Waals surface area contributed by atoms with Gasteiger partial charge in [-0.15, -0.1) is 0 Å². The van der Waals surface area contributed by atoms with E-state index in [4.69, 9.17) is 9.63 Å². The van der Waals surface area contributed by atoms with Crippen LogP contribution in [0.5, 0.6) is 0 Å². The van der Waals surface area contributed by atoms with Crippen molar-refractivity contribution in [3.63, 3.8) is 0 Å². The van der Waals surface area contributed by atoms with Crippen molar-refractivity contribution >= 4 is 5.97 Å². The van der Waals surface area contributed by atoms with E-state index >= 15 is 0 Å². The number of carbonyl (C=O) groups is 1. The zero-order chi connectivity index (χ0) is 14.4. The van der Waals surface area contributed by atoms with Crippen LogP contribution in [-0.4, -0.2) is 39.2 Å². The Bertz CT molecular complexity index is 404. The van der Waals surface area contributed by atoms with Gasteiger partial charge in [-0.3, -0.25) is 9.69 Å². The Morgan fingerprint density at radius 1 is 1.42 bits per heavy atom. The van der Waals surface area contributed by atoms with Crippen LogP contribution in [0.3, 0.4) is 0 Å². The van der Waals surface area contributed by atoms with E-state index < -0.39 is 11.9 Å². The van der Waals surface area contributed by atoms with Crippen molar-refractivity contribution in [2.24, 2.45) is 11.8 Å². The van der Waals surface area contributed by atoms with Gasteiger partial charge in [0.15, 0.2) is 5.82 Å². The SMILES string of the molecule is CCN(Cc1noc(CC(C)C)n1)CC(C)C(=O)O. The van der Waals surface area contributed by atoms with Gasteiger partial charge in [0.2, 0.25) is 5.89 Å². The molecule has 1 N–H and O–H groups in total. The van der Waals surface area contributed by atoms with E-state index in [0.29, 0.717) is 30.7 Å². The molecule has 0 radical (unpaired) electrons. The van der Waals surface area contributed by atoms with Gasteiger partial charge in [0.05, 0.1) is 12.5 Å². The van der Waals surface area contributed by atoms with E-state index in [0.717, 1.165) is 13.0 Å². The van der Waals surface area contributed by atoms with Crippen molar-refractivity contribution < 1.29 is 14.4 Å². The fraction of sp³-hybridized carbons (Fsp3) is 0.769. The van der Waals surface area contributed by atoms with Gasteiger partial charge >= 0.3 is 5.97 Å². The van der Waals surface area contributed by atoms with Gasteiger partial charge in [0.25, 0.3) is 0 Å². The Morgan fingerprint density at radius 3 is 2.63 bits per heavy atom. The molecule has 1 atom stereocenters. The van der Waals surface area contributed by atoms with Gasteiger partial charge in [-0.05, 0) is 12.5 Å². The third-order valence-corrected chi connectivity index (χ3v) is 2.86. The summed E-state index contributed by atoms with van der Waals surface area (Å²) in [5.74, 6) is 0.555. The first kappa shape index (κ1) is 15.6. The number of aliphatic carboxylic acids is 1. The van der Waals surface area contributed by atoms with Gasteiger partial charge in [-0.2, -0.15) is 4.98 Å². The lowest BCUT2D eigenvalue weighted by atomic mass is 10.1. The summed E-state index contributed by atoms with van der Waals surface area (Å²) in [7, 11) is 0. The largest absolute Gasteiger partial charge is 0.481 e. The first-order valence-electron chi connectivity index (χ1n) is 6.69. The Kier molecular flexibility index (Phi) is 5.95. The van der Waals surface area contributed by atoms with Crippen molar-refractivity contribution in [3.05, 3.63) is 11.7 Å². The van der Waals surface area contributed by atoms with E-state index in [2.05, 4.69) is 24.0 Å². The molecule has 1 rings (SSSR count). The van der Waals surface area contributed by atoms with E-state index in [1.54, 1.807) is 6.92 Å². The molecule has 108 valence electrons. The maximum Gasteiger partial charge on any atom is 0.307 e. The van der Waals surface area contributed by atoms with Crippen molar-refractivity contribution in [3.8, 4) is 0 Å². The van der Waals surface area contributed by atoms with Gasteiger partial charge in [0.1, 0.15) is 0 Å². The molecule has 0 aliphatic rings. The van der Waals surface area contributed by atoms with E-state index in [1.807, 2.05) is 11.8 Å². The van der Waals surface area contributed by atoms with Gasteiger partial charge in [0, 0.05) is 13.0 Å². The van der Waals surface area contributed by atoms with Crippen LogP contribution in [0, 0.1) is 11.8 Å². The molecule has 0 bridgehead atoms. The predicted octanol–water partition coefficient (Wildman–Crippen LogP) is 1.81. The predicted molar refractivity (Wildman–Crippen MR) is 70.6 cm³/mol. The molecule has 0 fully saturated rings. The van der Waals surface area contributed by atoms with Crippen molar-refractivity contribution in [1.29, 1.82) is 0 Å². The molecule has 0 aromatic carbocycles. The van der Waals surface area contributed by atoms with E-state index in [9.17, 15) is 4.79 Å². The summed E-state index contributed by atoms with van der Waals surface area (Å²) in [6.07, 6.45) is 0.769. The first-order chi connectivity index (χ1) is 8.92. The molecule has 1 unspecified atom stereocenters. The van der Waals surface area contributed by atoms with Crippen LogP contribution in [0.25, 0.3) is 0 Å². The van der Waals surface area contributed by atoms with Crippen LogP contribution in [0.1, 0.15) is 39.4 Å². The molecule has 1 heterocycles. The minimum absolute atomic E-state index is 0.401. The highest BCUT2D eigenvalue weighted by Gasteiger charge is 2.17. The molecule has 6 nitrogen and oxygen atoms in total. The van der Waals surface area contributed by atoms with Crippen LogP contribution in [0.15, 0.2) is 4.52 Å². The number of hydrogen-bond acceptors (Lipinski definition) is 5. The van der Waals surface area contributed by atoms with Crippen LogP contribution in [0.4, 0.5) is 0 Å². The summed E-state index contributed by atoms with van der Waals surface area (Å²) < 4.78 is 5.17. The Balaban J connectivity index is 2.55. The summed E-state index contributed by atoms with van der Waals surface area (Å²) in [5, 5.41) is 12.9. The zero-order valence-corrected chi connectivity index (χ0v) is 12.1. The topological polar surface area (TPSA) is 79.5 Å². The molecule has 1 aromatic heterocycles. The van der Waals surface area contributed by atoms with Crippen molar-refractivity contribution in [2.45, 2.75) is 40.7 Å². The molecular formula is C13H23N3O3. The molecule has 0 saturated carbocycles. The fourth-order valence-electron chi connectivity index (χ4n) is 1.76. The third-order valence-electron chi connectivity index (χ3n) is 2.86. The second-order valence-electron chi connectivity index (χ2n) is 5.27. The molecular weight excluding hydrogens is 246 g/mol. The Morgan fingerprint density at radius 2 is 2.11 bits per heavy atom. The lowest BCUT2D eigenvalue weighted by Gasteiger charge is -2.20. The molecule has 0 amide bonds. The minimum atomic E-state index is -0.785. The molecule has 0 saturated heterocycles. The number of carboxylic acids is 1. The maximum absolute atomic E-state index is 10.9. The van der Waals surface area contributed by atoms with Crippen LogP contribution in [0.2, 0.25) is 0 Å². The summed E-state index contributed by atoms with van der Waals surface area (Å²) in [5.41, 5.74) is 0. The first-order valence-corrected chi connectivity index (χ1v) is 6.69. The van der Waals surface area contributed by atoms with Gasteiger partial charge < -0.3 is 9.63 Å². The average molecular weight is 269 g/mol. The number of nitrogens with zero attached hydrogens (tertiary/aromatic N) is 3. The molecule has 19 heavy (non-hydrogen) atoms. The number of aromatic nitrogens is 2. The number of rotatable bonds is 8. The van der Waals surface area contributed by atoms with Crippen molar-refractivity contribution in [2.75, 3.05) is 13.1 Å². The highest BCUT2D eigenvalue weighted by molar-refractivity contribution is 5.69. The molecule has 1 aromatic rings. The Labute approximate surface area is 113 Å². The smallest absolute Gasteiger partial charge is 0.307 e. The van der Waals surface area contributed by atoms with Crippen LogP contribution < -0.4 is 0 Å². The third kappa shape index (κ3) is 5.38. The highest BCUT2D eigenvalue weighted by atomic mass is 16.5. The molecule has 0 aliphatic heterocycles. The summed E-state index contributed by atoms with van der Waals surface area (Å²) in [6, 6.07) is 0. The normalized spacial score (nSPS) is 13.2. The second kappa shape index (κ2) is 7.23. The summed E-state index contributed by atoms with van der Waals surface area (Å²) in [6.45, 7) is 9.64. The van der Waals surface area contributed by atoms with Gasteiger partial charge in [-0.25, -0.2) is 0 Å². The average Bonchev–Trinajstić information content (AvgIpc) is 2.74. The van der Waals surface area contributed by atoms with Crippen LogP contribution >= 0.6 is 0 Å². The standard InChI is InChI=1S/C13H23N3O3/c1-5-16(7-10(4)13(17)18)8-11-14-12(19-15-11)6-9(2)3/h9-10H,5-8H2,1-4H3,(H,17,18). The molecule has 0 spiro atoms. The quantitative estimate of drug-likeness (QED) is 0.775. The van der Waals surface area contributed by atoms with Crippen LogP contribution in [-0.2, 0) is 17.8 Å². The van der Waals surface area contributed by atoms with Crippen molar-refractivity contribution in [1.82, 2.24) is 15.0 Å². The van der Waals surface area contributed by atoms with Gasteiger partial charge in [-0.1, -0.05) is 32.9 Å². The zero-order valence-electron chi connectivity index (χ0n) is 12.1. The minimum Gasteiger partial charge on any atom is -0.481 e. The Hall–Kier alpha value is -1.43. The second-order valence-corrected chi connectivity index (χ2v) is 5.27. The summed E-state index contributed by atoms with van der Waals surface area (Å²) in [4.78, 5) is 17.2.